The van der Waals surface area contributed by atoms with E-state index in [2.05, 4.69) is 10.4 Å². The zero-order valence-corrected chi connectivity index (χ0v) is 13.1. The molecule has 4 rings (SSSR count). The molecule has 1 fully saturated rings. The van der Waals surface area contributed by atoms with Crippen LogP contribution in [0.15, 0.2) is 36.5 Å². The molecule has 23 heavy (non-hydrogen) atoms. The van der Waals surface area contributed by atoms with Gasteiger partial charge >= 0.3 is 0 Å². The largest absolute Gasteiger partial charge is 0.328 e. The minimum absolute atomic E-state index is 0.0926. The molecule has 1 aromatic heterocycles. The Morgan fingerprint density at radius 2 is 1.87 bits per heavy atom. The van der Waals surface area contributed by atoms with Gasteiger partial charge in [-0.05, 0) is 43.7 Å². The van der Waals surface area contributed by atoms with E-state index in [0.717, 1.165) is 37.2 Å². The maximum Gasteiger partial charge on any atom is 0.226 e. The highest BCUT2D eigenvalue weighted by Crippen LogP contribution is 2.43. The number of aromatic nitrogens is 2. The molecule has 1 aromatic carbocycles. The van der Waals surface area contributed by atoms with Crippen molar-refractivity contribution in [3.63, 3.8) is 0 Å². The van der Waals surface area contributed by atoms with Gasteiger partial charge < -0.3 is 11.1 Å². The summed E-state index contributed by atoms with van der Waals surface area (Å²) in [6.45, 7) is 0. The molecule has 2 heterocycles. The molecule has 1 aliphatic heterocycles. The number of hydrogen-bond donors (Lipinski definition) is 2. The number of nitrogens with zero attached hydrogens (tertiary/aromatic N) is 2. The summed E-state index contributed by atoms with van der Waals surface area (Å²) in [6, 6.07) is 10.3. The average Bonchev–Trinajstić information content (AvgIpc) is 2.99. The fraction of sp³-hybridized carbons (Fsp3) is 0.444. The van der Waals surface area contributed by atoms with Crippen LogP contribution < -0.4 is 11.1 Å². The number of nitrogens with one attached hydrogen (secondary N) is 1. The molecule has 3 N–H and O–H groups in total. The lowest BCUT2D eigenvalue weighted by Gasteiger charge is -2.34. The Morgan fingerprint density at radius 3 is 2.61 bits per heavy atom. The van der Waals surface area contributed by atoms with E-state index in [1.54, 1.807) is 0 Å². The van der Waals surface area contributed by atoms with Crippen LogP contribution in [-0.4, -0.2) is 21.7 Å². The van der Waals surface area contributed by atoms with Gasteiger partial charge in [0, 0.05) is 23.9 Å². The summed E-state index contributed by atoms with van der Waals surface area (Å²) in [7, 11) is 0. The van der Waals surface area contributed by atoms with E-state index in [1.165, 1.54) is 5.56 Å². The first-order valence-electron chi connectivity index (χ1n) is 8.41. The van der Waals surface area contributed by atoms with Crippen LogP contribution in [0.25, 0.3) is 5.69 Å². The van der Waals surface area contributed by atoms with Gasteiger partial charge in [-0.1, -0.05) is 18.2 Å². The Hall–Kier alpha value is -2.14. The predicted octanol–water partition coefficient (Wildman–Crippen LogP) is 2.82. The molecule has 120 valence electrons. The fourth-order valence-electron chi connectivity index (χ4n) is 3.98. The van der Waals surface area contributed by atoms with Crippen molar-refractivity contribution in [2.24, 2.45) is 11.7 Å². The van der Waals surface area contributed by atoms with Crippen molar-refractivity contribution in [3.8, 4) is 5.69 Å². The third kappa shape index (κ3) is 2.65. The van der Waals surface area contributed by atoms with Crippen LogP contribution in [0.1, 0.15) is 43.6 Å². The van der Waals surface area contributed by atoms with Gasteiger partial charge in [-0.25, -0.2) is 4.68 Å². The SMILES string of the molecule is NC1CCC([C@@H]2CC(=O)Nc3c2cnn3-c2ccccc2)CC1. The van der Waals surface area contributed by atoms with Crippen LogP contribution >= 0.6 is 0 Å². The molecule has 0 spiro atoms. The Balaban J connectivity index is 1.69. The summed E-state index contributed by atoms with van der Waals surface area (Å²) >= 11 is 0. The monoisotopic (exact) mass is 310 g/mol. The van der Waals surface area contributed by atoms with Crippen LogP contribution in [0.2, 0.25) is 0 Å². The van der Waals surface area contributed by atoms with Crippen molar-refractivity contribution in [2.45, 2.75) is 44.1 Å². The van der Waals surface area contributed by atoms with E-state index in [4.69, 9.17) is 5.73 Å². The molecule has 2 aromatic rings. The zero-order valence-electron chi connectivity index (χ0n) is 13.1. The third-order valence-electron chi connectivity index (χ3n) is 5.25. The second-order valence-electron chi connectivity index (χ2n) is 6.73. The number of rotatable bonds is 2. The number of benzene rings is 1. The third-order valence-corrected chi connectivity index (χ3v) is 5.25. The second kappa shape index (κ2) is 5.81. The fourth-order valence-corrected chi connectivity index (χ4v) is 3.98. The molecule has 1 amide bonds. The number of nitrogens with two attached hydrogens (primary N) is 1. The van der Waals surface area contributed by atoms with Gasteiger partial charge in [-0.2, -0.15) is 5.10 Å². The van der Waals surface area contributed by atoms with E-state index in [9.17, 15) is 4.79 Å². The topological polar surface area (TPSA) is 72.9 Å². The van der Waals surface area contributed by atoms with Crippen molar-refractivity contribution < 1.29 is 4.79 Å². The van der Waals surface area contributed by atoms with Gasteiger partial charge in [-0.15, -0.1) is 0 Å². The van der Waals surface area contributed by atoms with E-state index in [-0.39, 0.29) is 11.8 Å². The average molecular weight is 310 g/mol. The molecule has 0 radical (unpaired) electrons. The van der Waals surface area contributed by atoms with Crippen molar-refractivity contribution in [1.82, 2.24) is 9.78 Å². The number of hydrogen-bond acceptors (Lipinski definition) is 3. The number of para-hydroxylation sites is 1. The molecule has 0 unspecified atom stereocenters. The zero-order chi connectivity index (χ0) is 15.8. The summed E-state index contributed by atoms with van der Waals surface area (Å²) in [5.41, 5.74) is 8.18. The molecule has 2 aliphatic rings. The summed E-state index contributed by atoms with van der Waals surface area (Å²) in [5.74, 6) is 1.74. The minimum atomic E-state index is 0.0926. The summed E-state index contributed by atoms with van der Waals surface area (Å²) in [4.78, 5) is 12.2. The summed E-state index contributed by atoms with van der Waals surface area (Å²) in [6.07, 6.45) is 6.83. The van der Waals surface area contributed by atoms with Crippen LogP contribution in [0.3, 0.4) is 0 Å². The lowest BCUT2D eigenvalue weighted by atomic mass is 9.73. The number of fused-ring (bicyclic) bond motifs is 1. The standard InChI is InChI=1S/C18H22N4O/c19-13-8-6-12(7-9-13)15-10-17(23)21-18-16(15)11-20-22(18)14-4-2-1-3-5-14/h1-5,11-13,15H,6-10,19H2,(H,21,23)/t12?,13?,15-/m0/s1. The van der Waals surface area contributed by atoms with Gasteiger partial charge in [-0.3, -0.25) is 4.79 Å². The highest BCUT2D eigenvalue weighted by atomic mass is 16.1. The van der Waals surface area contributed by atoms with Crippen LogP contribution in [0.5, 0.6) is 0 Å². The van der Waals surface area contributed by atoms with Crippen molar-refractivity contribution in [2.75, 3.05) is 5.32 Å². The molecular weight excluding hydrogens is 288 g/mol. The Morgan fingerprint density at radius 1 is 1.13 bits per heavy atom. The Bertz CT molecular complexity index is 701. The number of carbonyl (C=O) groups is 1. The number of carbonyl (C=O) groups excluding carboxylic acids is 1. The maximum absolute atomic E-state index is 12.2. The number of amides is 1. The normalized spacial score (nSPS) is 27.3. The first-order valence-corrected chi connectivity index (χ1v) is 8.41. The Kier molecular flexibility index (Phi) is 3.65. The predicted molar refractivity (Wildman–Crippen MR) is 89.5 cm³/mol. The van der Waals surface area contributed by atoms with E-state index >= 15 is 0 Å². The molecule has 1 atom stereocenters. The quantitative estimate of drug-likeness (QED) is 0.896. The van der Waals surface area contributed by atoms with Crippen LogP contribution in [0, 0.1) is 5.92 Å². The molecule has 1 aliphatic carbocycles. The van der Waals surface area contributed by atoms with Crippen LogP contribution in [-0.2, 0) is 4.79 Å². The first-order chi connectivity index (χ1) is 11.2. The van der Waals surface area contributed by atoms with Gasteiger partial charge in [0.05, 0.1) is 11.9 Å². The second-order valence-corrected chi connectivity index (χ2v) is 6.73. The van der Waals surface area contributed by atoms with E-state index in [0.29, 0.717) is 18.4 Å². The van der Waals surface area contributed by atoms with Gasteiger partial charge in [0.1, 0.15) is 5.82 Å². The maximum atomic E-state index is 12.2. The molecule has 5 nitrogen and oxygen atoms in total. The van der Waals surface area contributed by atoms with Crippen LogP contribution in [0.4, 0.5) is 5.82 Å². The molecule has 0 saturated heterocycles. The van der Waals surface area contributed by atoms with Gasteiger partial charge in [0.25, 0.3) is 0 Å². The highest BCUT2D eigenvalue weighted by Gasteiger charge is 2.35. The summed E-state index contributed by atoms with van der Waals surface area (Å²) < 4.78 is 1.84. The highest BCUT2D eigenvalue weighted by molar-refractivity contribution is 5.94. The smallest absolute Gasteiger partial charge is 0.226 e. The Labute approximate surface area is 135 Å². The van der Waals surface area contributed by atoms with E-state index in [1.807, 2.05) is 41.2 Å². The van der Waals surface area contributed by atoms with Crippen molar-refractivity contribution >= 4 is 11.7 Å². The van der Waals surface area contributed by atoms with E-state index < -0.39 is 0 Å². The summed E-state index contributed by atoms with van der Waals surface area (Å²) in [5, 5.41) is 7.56. The molecular formula is C18H22N4O. The molecule has 0 bridgehead atoms. The minimum Gasteiger partial charge on any atom is -0.328 e. The molecule has 1 saturated carbocycles. The van der Waals surface area contributed by atoms with Crippen molar-refractivity contribution in [1.29, 1.82) is 0 Å². The lowest BCUT2D eigenvalue weighted by molar-refractivity contribution is -0.117. The van der Waals surface area contributed by atoms with Crippen molar-refractivity contribution in [3.05, 3.63) is 42.1 Å². The van der Waals surface area contributed by atoms with Gasteiger partial charge in [0.2, 0.25) is 5.91 Å². The number of anilines is 1. The first kappa shape index (κ1) is 14.5. The molecule has 5 heteroatoms. The van der Waals surface area contributed by atoms with Gasteiger partial charge in [0.15, 0.2) is 0 Å². The lowest BCUT2D eigenvalue weighted by Crippen LogP contribution is -2.33.